The van der Waals surface area contributed by atoms with Crippen molar-refractivity contribution in [2.45, 2.75) is 32.7 Å². The van der Waals surface area contributed by atoms with Gasteiger partial charge in [-0.05, 0) is 44.9 Å². The zero-order chi connectivity index (χ0) is 21.3. The molecule has 0 saturated carbocycles. The van der Waals surface area contributed by atoms with E-state index in [1.54, 1.807) is 9.58 Å². The highest BCUT2D eigenvalue weighted by Gasteiger charge is 2.25. The fourth-order valence-corrected chi connectivity index (χ4v) is 3.96. The molecule has 0 atom stereocenters. The molecule has 156 valence electrons. The number of amides is 3. The van der Waals surface area contributed by atoms with Gasteiger partial charge < -0.3 is 15.5 Å². The number of likely N-dealkylation sites (tertiary alicyclic amines) is 1. The first-order valence-corrected chi connectivity index (χ1v) is 10.1. The summed E-state index contributed by atoms with van der Waals surface area (Å²) in [6.07, 6.45) is 1.43. The number of fused-ring (bicyclic) bond motifs is 1. The molecule has 0 bridgehead atoms. The van der Waals surface area contributed by atoms with Gasteiger partial charge in [0.25, 0.3) is 5.91 Å². The maximum Gasteiger partial charge on any atom is 0.321 e. The Labute approximate surface area is 175 Å². The molecule has 2 N–H and O–H groups in total. The van der Waals surface area contributed by atoms with Crippen molar-refractivity contribution in [2.24, 2.45) is 7.05 Å². The Hall–Kier alpha value is -3.42. The van der Waals surface area contributed by atoms with E-state index in [4.69, 9.17) is 0 Å². The molecule has 30 heavy (non-hydrogen) atoms. The number of nitrogens with zero attached hydrogens (tertiary/aromatic N) is 4. The van der Waals surface area contributed by atoms with Crippen molar-refractivity contribution in [2.75, 3.05) is 18.4 Å². The lowest BCUT2D eigenvalue weighted by molar-refractivity contribution is 0.0920. The molecule has 1 aliphatic rings. The van der Waals surface area contributed by atoms with Gasteiger partial charge in [-0.2, -0.15) is 5.10 Å². The number of benzene rings is 1. The summed E-state index contributed by atoms with van der Waals surface area (Å²) in [5, 5.41) is 11.2. The minimum atomic E-state index is -0.117. The summed E-state index contributed by atoms with van der Waals surface area (Å²) in [4.78, 5) is 31.8. The van der Waals surface area contributed by atoms with Crippen LogP contribution in [0.3, 0.4) is 0 Å². The van der Waals surface area contributed by atoms with Gasteiger partial charge >= 0.3 is 6.03 Å². The fraction of sp³-hybridized carbons (Fsp3) is 0.364. The van der Waals surface area contributed by atoms with Gasteiger partial charge in [-0.1, -0.05) is 18.2 Å². The zero-order valence-electron chi connectivity index (χ0n) is 17.5. The first-order valence-electron chi connectivity index (χ1n) is 10.1. The van der Waals surface area contributed by atoms with E-state index in [9.17, 15) is 9.59 Å². The summed E-state index contributed by atoms with van der Waals surface area (Å²) in [6.45, 7) is 4.96. The Bertz CT molecular complexity index is 1080. The largest absolute Gasteiger partial charge is 0.349 e. The highest BCUT2D eigenvalue weighted by molar-refractivity contribution is 6.06. The van der Waals surface area contributed by atoms with Gasteiger partial charge in [-0.15, -0.1) is 0 Å². The van der Waals surface area contributed by atoms with Gasteiger partial charge in [0.1, 0.15) is 0 Å². The maximum absolute atomic E-state index is 13.0. The Morgan fingerprint density at radius 3 is 2.50 bits per heavy atom. The molecular formula is C22H26N6O2. The molecule has 8 heteroatoms. The van der Waals surface area contributed by atoms with Crippen LogP contribution >= 0.6 is 0 Å². The number of para-hydroxylation sites is 1. The minimum Gasteiger partial charge on any atom is -0.349 e. The van der Waals surface area contributed by atoms with Crippen LogP contribution < -0.4 is 10.6 Å². The van der Waals surface area contributed by atoms with Crippen LogP contribution in [0.5, 0.6) is 0 Å². The van der Waals surface area contributed by atoms with Gasteiger partial charge in [-0.25, -0.2) is 9.78 Å². The predicted octanol–water partition coefficient (Wildman–Crippen LogP) is 3.01. The first kappa shape index (κ1) is 19.9. The van der Waals surface area contributed by atoms with Gasteiger partial charge in [0.05, 0.1) is 16.6 Å². The van der Waals surface area contributed by atoms with Gasteiger partial charge in [0, 0.05) is 37.6 Å². The second-order valence-corrected chi connectivity index (χ2v) is 7.75. The number of hydrogen-bond donors (Lipinski definition) is 2. The fourth-order valence-electron chi connectivity index (χ4n) is 3.96. The number of anilines is 1. The van der Waals surface area contributed by atoms with Crippen LogP contribution in [0.2, 0.25) is 0 Å². The molecule has 2 aromatic heterocycles. The molecule has 4 rings (SSSR count). The number of piperidine rings is 1. The molecule has 0 radical (unpaired) electrons. The third-order valence-corrected chi connectivity index (χ3v) is 5.48. The van der Waals surface area contributed by atoms with E-state index in [1.807, 2.05) is 57.3 Å². The third-order valence-electron chi connectivity index (χ3n) is 5.48. The van der Waals surface area contributed by atoms with Crippen LogP contribution in [0.25, 0.3) is 11.0 Å². The van der Waals surface area contributed by atoms with Gasteiger partial charge in [-0.3, -0.25) is 9.48 Å². The van der Waals surface area contributed by atoms with Crippen LogP contribution in [-0.2, 0) is 7.05 Å². The number of hydrogen-bond acceptors (Lipinski definition) is 4. The van der Waals surface area contributed by atoms with E-state index >= 15 is 0 Å². The zero-order valence-corrected chi connectivity index (χ0v) is 17.5. The number of carbonyl (C=O) groups excluding carboxylic acids is 2. The van der Waals surface area contributed by atoms with E-state index in [0.717, 1.165) is 22.5 Å². The summed E-state index contributed by atoms with van der Waals surface area (Å²) in [5.74, 6) is -0.117. The molecule has 3 amide bonds. The van der Waals surface area contributed by atoms with Crippen LogP contribution in [0.1, 0.15) is 34.6 Å². The van der Waals surface area contributed by atoms with Crippen LogP contribution in [0.4, 0.5) is 10.5 Å². The van der Waals surface area contributed by atoms with Gasteiger partial charge in [0.15, 0.2) is 5.65 Å². The Balaban J connectivity index is 1.39. The van der Waals surface area contributed by atoms with E-state index in [0.29, 0.717) is 37.1 Å². The lowest BCUT2D eigenvalue weighted by Crippen LogP contribution is -2.47. The highest BCUT2D eigenvalue weighted by atomic mass is 16.2. The molecule has 1 saturated heterocycles. The van der Waals surface area contributed by atoms with Crippen molar-refractivity contribution in [1.82, 2.24) is 25.0 Å². The molecule has 8 nitrogen and oxygen atoms in total. The molecule has 0 aliphatic carbocycles. The van der Waals surface area contributed by atoms with E-state index in [-0.39, 0.29) is 18.0 Å². The van der Waals surface area contributed by atoms with Crippen molar-refractivity contribution in [1.29, 1.82) is 0 Å². The predicted molar refractivity (Wildman–Crippen MR) is 116 cm³/mol. The number of aromatic nitrogens is 3. The molecular weight excluding hydrogens is 380 g/mol. The average Bonchev–Trinajstić information content (AvgIpc) is 3.02. The van der Waals surface area contributed by atoms with Crippen molar-refractivity contribution in [3.8, 4) is 0 Å². The quantitative estimate of drug-likeness (QED) is 0.699. The molecule has 1 aliphatic heterocycles. The van der Waals surface area contributed by atoms with Crippen molar-refractivity contribution < 1.29 is 9.59 Å². The van der Waals surface area contributed by atoms with Crippen LogP contribution in [0.15, 0.2) is 36.4 Å². The summed E-state index contributed by atoms with van der Waals surface area (Å²) in [6, 6.07) is 11.1. The van der Waals surface area contributed by atoms with E-state index < -0.39 is 0 Å². The first-order chi connectivity index (χ1) is 14.4. The Kier molecular flexibility index (Phi) is 5.39. The second kappa shape index (κ2) is 8.14. The maximum atomic E-state index is 13.0. The Morgan fingerprint density at radius 2 is 1.80 bits per heavy atom. The molecule has 0 unspecified atom stereocenters. The number of pyridine rings is 1. The second-order valence-electron chi connectivity index (χ2n) is 7.75. The van der Waals surface area contributed by atoms with Crippen molar-refractivity contribution >= 4 is 28.7 Å². The Morgan fingerprint density at radius 1 is 1.10 bits per heavy atom. The molecule has 3 heterocycles. The summed E-state index contributed by atoms with van der Waals surface area (Å²) in [5.41, 5.74) is 3.67. The minimum absolute atomic E-state index is 0.0266. The summed E-state index contributed by atoms with van der Waals surface area (Å²) in [7, 11) is 1.83. The molecule has 3 aromatic rings. The number of aryl methyl sites for hydroxylation is 3. The molecule has 1 fully saturated rings. The van der Waals surface area contributed by atoms with Crippen LogP contribution in [0, 0.1) is 13.8 Å². The van der Waals surface area contributed by atoms with Crippen molar-refractivity contribution in [3.05, 3.63) is 53.3 Å². The van der Waals surface area contributed by atoms with Crippen LogP contribution in [-0.4, -0.2) is 50.7 Å². The number of rotatable bonds is 3. The third kappa shape index (κ3) is 3.98. The number of carbonyl (C=O) groups is 2. The topological polar surface area (TPSA) is 92.2 Å². The standard InChI is InChI=1S/C22H26N6O2/c1-14-13-18(19-15(2)26-27(3)20(19)23-14)21(29)24-17-9-11-28(12-10-17)22(30)25-16-7-5-4-6-8-16/h4-8,13,17H,9-12H2,1-3H3,(H,24,29)(H,25,30). The lowest BCUT2D eigenvalue weighted by Gasteiger charge is -2.32. The smallest absolute Gasteiger partial charge is 0.321 e. The summed E-state index contributed by atoms with van der Waals surface area (Å²) >= 11 is 0. The summed E-state index contributed by atoms with van der Waals surface area (Å²) < 4.78 is 1.71. The SMILES string of the molecule is Cc1cc(C(=O)NC2CCN(C(=O)Nc3ccccc3)CC2)c2c(C)nn(C)c2n1. The lowest BCUT2D eigenvalue weighted by atomic mass is 10.0. The van der Waals surface area contributed by atoms with E-state index in [1.165, 1.54) is 0 Å². The average molecular weight is 406 g/mol. The molecule has 1 aromatic carbocycles. The molecule has 0 spiro atoms. The highest BCUT2D eigenvalue weighted by Crippen LogP contribution is 2.22. The van der Waals surface area contributed by atoms with Crippen molar-refractivity contribution in [3.63, 3.8) is 0 Å². The number of urea groups is 1. The van der Waals surface area contributed by atoms with Gasteiger partial charge in [0.2, 0.25) is 0 Å². The number of nitrogens with one attached hydrogen (secondary N) is 2. The normalized spacial score (nSPS) is 14.7. The van der Waals surface area contributed by atoms with E-state index in [2.05, 4.69) is 20.7 Å². The monoisotopic (exact) mass is 406 g/mol.